The number of hydrogen-bond donors (Lipinski definition) is 1. The highest BCUT2D eigenvalue weighted by Crippen LogP contribution is 2.31. The van der Waals surface area contributed by atoms with Crippen LogP contribution in [0.4, 0.5) is 5.69 Å². The van der Waals surface area contributed by atoms with E-state index in [-0.39, 0.29) is 16.7 Å². The molecule has 2 aromatic carbocycles. The largest absolute Gasteiger partial charge is 0.495 e. The molecule has 0 radical (unpaired) electrons. The number of nitrogens with one attached hydrogen (secondary N) is 1. The number of nitrogens with zero attached hydrogens (tertiary/aromatic N) is 4. The van der Waals surface area contributed by atoms with Crippen molar-refractivity contribution in [3.63, 3.8) is 0 Å². The van der Waals surface area contributed by atoms with Gasteiger partial charge in [0.05, 0.1) is 30.2 Å². The zero-order valence-corrected chi connectivity index (χ0v) is 23.2. The number of amides is 1. The van der Waals surface area contributed by atoms with Crippen molar-refractivity contribution in [3.8, 4) is 17.1 Å². The van der Waals surface area contributed by atoms with Crippen LogP contribution in [-0.4, -0.2) is 67.0 Å². The van der Waals surface area contributed by atoms with Gasteiger partial charge in [-0.2, -0.15) is 9.29 Å². The SMILES string of the molecule is COc1ccc(S(=O)(=O)N2CCCCC2)cc1NC(=O)C1CCCN(Cc2nc(-c3ccccc3C)no2)C1. The minimum absolute atomic E-state index is 0.159. The molecule has 2 aliphatic heterocycles. The Labute approximate surface area is 229 Å². The third kappa shape index (κ3) is 6.15. The first-order valence-corrected chi connectivity index (χ1v) is 14.9. The number of anilines is 1. The van der Waals surface area contributed by atoms with Gasteiger partial charge in [-0.1, -0.05) is 35.8 Å². The van der Waals surface area contributed by atoms with Crippen molar-refractivity contribution in [2.45, 2.75) is 50.5 Å². The van der Waals surface area contributed by atoms with Crippen molar-refractivity contribution in [1.29, 1.82) is 0 Å². The predicted octanol–water partition coefficient (Wildman–Crippen LogP) is 4.08. The van der Waals surface area contributed by atoms with E-state index in [4.69, 9.17) is 9.26 Å². The lowest BCUT2D eigenvalue weighted by Crippen LogP contribution is -2.40. The Morgan fingerprint density at radius 2 is 1.90 bits per heavy atom. The molecule has 39 heavy (non-hydrogen) atoms. The van der Waals surface area contributed by atoms with Crippen LogP contribution in [-0.2, 0) is 21.4 Å². The molecular weight excluding hydrogens is 518 g/mol. The molecule has 2 saturated heterocycles. The number of benzene rings is 2. The fraction of sp³-hybridized carbons (Fsp3) is 0.464. The van der Waals surface area contributed by atoms with E-state index in [2.05, 4.69) is 20.4 Å². The molecule has 0 saturated carbocycles. The molecule has 10 nitrogen and oxygen atoms in total. The maximum absolute atomic E-state index is 13.3. The Hall–Kier alpha value is -3.28. The average Bonchev–Trinajstić information content (AvgIpc) is 3.42. The van der Waals surface area contributed by atoms with Crippen molar-refractivity contribution in [3.05, 3.63) is 53.9 Å². The number of carbonyl (C=O) groups excluding carboxylic acids is 1. The molecule has 2 aliphatic rings. The van der Waals surface area contributed by atoms with Gasteiger partial charge in [-0.15, -0.1) is 0 Å². The number of sulfonamides is 1. The van der Waals surface area contributed by atoms with E-state index < -0.39 is 10.0 Å². The lowest BCUT2D eigenvalue weighted by Gasteiger charge is -2.31. The molecule has 5 rings (SSSR count). The van der Waals surface area contributed by atoms with Crippen molar-refractivity contribution < 1.29 is 22.5 Å². The fourth-order valence-corrected chi connectivity index (χ4v) is 6.83. The third-order valence-electron chi connectivity index (χ3n) is 7.47. The summed E-state index contributed by atoms with van der Waals surface area (Å²) in [4.78, 5) is 20.2. The number of piperidine rings is 2. The highest BCUT2D eigenvalue weighted by molar-refractivity contribution is 7.89. The van der Waals surface area contributed by atoms with Crippen LogP contribution >= 0.6 is 0 Å². The summed E-state index contributed by atoms with van der Waals surface area (Å²) in [7, 11) is -2.14. The highest BCUT2D eigenvalue weighted by atomic mass is 32.2. The minimum atomic E-state index is -3.64. The van der Waals surface area contributed by atoms with E-state index in [1.54, 1.807) is 6.07 Å². The summed E-state index contributed by atoms with van der Waals surface area (Å²) in [6, 6.07) is 12.5. The van der Waals surface area contributed by atoms with Crippen LogP contribution in [0.1, 0.15) is 43.6 Å². The lowest BCUT2D eigenvalue weighted by atomic mass is 9.97. The van der Waals surface area contributed by atoms with Crippen LogP contribution in [0, 0.1) is 12.8 Å². The summed E-state index contributed by atoms with van der Waals surface area (Å²) >= 11 is 0. The van der Waals surface area contributed by atoms with Gasteiger partial charge in [-0.3, -0.25) is 9.69 Å². The summed E-state index contributed by atoms with van der Waals surface area (Å²) < 4.78 is 38.9. The molecule has 208 valence electrons. The molecule has 1 N–H and O–H groups in total. The summed E-state index contributed by atoms with van der Waals surface area (Å²) in [6.45, 7) is 4.84. The van der Waals surface area contributed by atoms with Crippen LogP contribution in [0.25, 0.3) is 11.4 Å². The Bertz CT molecular complexity index is 1420. The van der Waals surface area contributed by atoms with E-state index in [1.165, 1.54) is 23.5 Å². The number of methoxy groups -OCH3 is 1. The zero-order chi connectivity index (χ0) is 27.4. The molecule has 11 heteroatoms. The summed E-state index contributed by atoms with van der Waals surface area (Å²) in [5.41, 5.74) is 2.36. The van der Waals surface area contributed by atoms with Gasteiger partial charge < -0.3 is 14.6 Å². The van der Waals surface area contributed by atoms with Crippen LogP contribution in [0.15, 0.2) is 51.9 Å². The van der Waals surface area contributed by atoms with Crippen LogP contribution in [0.3, 0.4) is 0 Å². The van der Waals surface area contributed by atoms with E-state index in [0.717, 1.165) is 49.8 Å². The molecule has 1 aromatic heterocycles. The Morgan fingerprint density at radius 1 is 1.10 bits per heavy atom. The first kappa shape index (κ1) is 27.3. The first-order chi connectivity index (χ1) is 18.8. The lowest BCUT2D eigenvalue weighted by molar-refractivity contribution is -0.121. The van der Waals surface area contributed by atoms with Crippen molar-refractivity contribution >= 4 is 21.6 Å². The maximum Gasteiger partial charge on any atom is 0.243 e. The first-order valence-electron chi connectivity index (χ1n) is 13.4. The van der Waals surface area contributed by atoms with Gasteiger partial charge in [-0.25, -0.2) is 8.42 Å². The van der Waals surface area contributed by atoms with E-state index in [9.17, 15) is 13.2 Å². The molecule has 1 amide bonds. The number of aryl methyl sites for hydroxylation is 1. The van der Waals surface area contributed by atoms with E-state index >= 15 is 0 Å². The maximum atomic E-state index is 13.3. The molecule has 3 aromatic rings. The fourth-order valence-electron chi connectivity index (χ4n) is 5.29. The Kier molecular flexibility index (Phi) is 8.29. The molecule has 1 atom stereocenters. The third-order valence-corrected chi connectivity index (χ3v) is 9.37. The van der Waals surface area contributed by atoms with Crippen molar-refractivity contribution in [2.24, 2.45) is 5.92 Å². The summed E-state index contributed by atoms with van der Waals surface area (Å²) in [5, 5.41) is 7.08. The van der Waals surface area contributed by atoms with Crippen molar-refractivity contribution in [2.75, 3.05) is 38.6 Å². The zero-order valence-electron chi connectivity index (χ0n) is 22.4. The quantitative estimate of drug-likeness (QED) is 0.443. The molecule has 0 bridgehead atoms. The monoisotopic (exact) mass is 553 g/mol. The molecule has 0 spiro atoms. The molecule has 2 fully saturated rings. The van der Waals surface area contributed by atoms with Gasteiger partial charge in [0.2, 0.25) is 27.6 Å². The van der Waals surface area contributed by atoms with E-state index in [1.807, 2.05) is 31.2 Å². The van der Waals surface area contributed by atoms with Gasteiger partial charge in [0.15, 0.2) is 0 Å². The predicted molar refractivity (Wildman–Crippen MR) is 147 cm³/mol. The van der Waals surface area contributed by atoms with Gasteiger partial charge in [0.1, 0.15) is 5.75 Å². The van der Waals surface area contributed by atoms with Crippen LogP contribution in [0.2, 0.25) is 0 Å². The van der Waals surface area contributed by atoms with Gasteiger partial charge in [-0.05, 0) is 62.9 Å². The average molecular weight is 554 g/mol. The van der Waals surface area contributed by atoms with Gasteiger partial charge in [0.25, 0.3) is 0 Å². The number of likely N-dealkylation sites (tertiary alicyclic amines) is 1. The second kappa shape index (κ2) is 11.8. The van der Waals surface area contributed by atoms with E-state index in [0.29, 0.717) is 49.3 Å². The summed E-state index contributed by atoms with van der Waals surface area (Å²) in [6.07, 6.45) is 4.32. The molecule has 1 unspecified atom stereocenters. The number of hydrogen-bond acceptors (Lipinski definition) is 8. The summed E-state index contributed by atoms with van der Waals surface area (Å²) in [5.74, 6) is 1.04. The minimum Gasteiger partial charge on any atom is -0.495 e. The molecule has 0 aliphatic carbocycles. The second-order valence-electron chi connectivity index (χ2n) is 10.2. The van der Waals surface area contributed by atoms with Crippen LogP contribution in [0.5, 0.6) is 5.75 Å². The number of carbonyl (C=O) groups is 1. The smallest absolute Gasteiger partial charge is 0.243 e. The van der Waals surface area contributed by atoms with Gasteiger partial charge in [0, 0.05) is 25.2 Å². The Balaban J connectivity index is 1.25. The van der Waals surface area contributed by atoms with Gasteiger partial charge >= 0.3 is 0 Å². The molecule has 3 heterocycles. The Morgan fingerprint density at radius 3 is 2.67 bits per heavy atom. The number of aromatic nitrogens is 2. The standard InChI is InChI=1S/C28H35N5O5S/c1-20-9-4-5-11-23(20)27-30-26(38-31-27)19-32-14-8-10-21(18-32)28(34)29-24-17-22(12-13-25(24)37-2)39(35,36)33-15-6-3-7-16-33/h4-5,9,11-13,17,21H,3,6-8,10,14-16,18-19H2,1-2H3,(H,29,34). The second-order valence-corrected chi connectivity index (χ2v) is 12.2. The highest BCUT2D eigenvalue weighted by Gasteiger charge is 2.30. The van der Waals surface area contributed by atoms with Crippen molar-refractivity contribution in [1.82, 2.24) is 19.3 Å². The topological polar surface area (TPSA) is 118 Å². The number of rotatable bonds is 8. The number of ether oxygens (including phenoxy) is 1. The van der Waals surface area contributed by atoms with Crippen LogP contribution < -0.4 is 10.1 Å². The normalized spacial score (nSPS) is 19.1. The molecular formula is C28H35N5O5S.